The average Bonchev–Trinajstić information content (AvgIpc) is 2.76. The fraction of sp³-hybridized carbons (Fsp3) is 0.600. The van der Waals surface area contributed by atoms with E-state index < -0.39 is 16.2 Å². The maximum atomic E-state index is 11.6. The highest BCUT2D eigenvalue weighted by molar-refractivity contribution is 7.91. The molecule has 0 radical (unpaired) electrons. The van der Waals surface area contributed by atoms with Crippen LogP contribution in [0, 0.1) is 0 Å². The standard InChI is InChI=1S/C10H17N3O5S2/c1-3-18-9(14)6-8-7-19-10(12-8)13-20(15,16)11-4-5-17-2/h7,11H,3-6H2,1-2H3,(H,12,13). The van der Waals surface area contributed by atoms with Gasteiger partial charge in [0, 0.05) is 19.0 Å². The molecule has 0 atom stereocenters. The molecular formula is C10H17N3O5S2. The Hall–Kier alpha value is -1.23. The number of nitrogens with one attached hydrogen (secondary N) is 2. The van der Waals surface area contributed by atoms with Crippen molar-refractivity contribution >= 4 is 32.6 Å². The number of ether oxygens (including phenoxy) is 2. The fourth-order valence-corrected chi connectivity index (χ4v) is 3.00. The number of carbonyl (C=O) groups excluding carboxylic acids is 1. The summed E-state index contributed by atoms with van der Waals surface area (Å²) in [7, 11) is -2.20. The lowest BCUT2D eigenvalue weighted by atomic mass is 10.3. The first kappa shape index (κ1) is 16.8. The van der Waals surface area contributed by atoms with Gasteiger partial charge in [0.25, 0.3) is 0 Å². The van der Waals surface area contributed by atoms with Crippen LogP contribution in [0.5, 0.6) is 0 Å². The fourth-order valence-electron chi connectivity index (χ4n) is 1.22. The molecule has 20 heavy (non-hydrogen) atoms. The number of thiazole rings is 1. The number of aromatic nitrogens is 1. The third-order valence-corrected chi connectivity index (χ3v) is 3.98. The number of methoxy groups -OCH3 is 1. The van der Waals surface area contributed by atoms with Crippen molar-refractivity contribution in [2.75, 3.05) is 31.6 Å². The Morgan fingerprint density at radius 1 is 1.50 bits per heavy atom. The number of hydrogen-bond donors (Lipinski definition) is 2. The van der Waals surface area contributed by atoms with Crippen LogP contribution in [0.25, 0.3) is 0 Å². The van der Waals surface area contributed by atoms with Gasteiger partial charge in [0.05, 0.1) is 25.3 Å². The Morgan fingerprint density at radius 2 is 2.25 bits per heavy atom. The summed E-state index contributed by atoms with van der Waals surface area (Å²) in [6.45, 7) is 2.44. The lowest BCUT2D eigenvalue weighted by Gasteiger charge is -2.05. The molecule has 1 aromatic heterocycles. The monoisotopic (exact) mass is 323 g/mol. The second-order valence-electron chi connectivity index (χ2n) is 3.62. The molecule has 0 amide bonds. The largest absolute Gasteiger partial charge is 0.466 e. The van der Waals surface area contributed by atoms with Gasteiger partial charge in [0.2, 0.25) is 0 Å². The first-order chi connectivity index (χ1) is 9.46. The summed E-state index contributed by atoms with van der Waals surface area (Å²) in [5.74, 6) is -0.398. The van der Waals surface area contributed by atoms with Crippen molar-refractivity contribution in [1.82, 2.24) is 9.71 Å². The van der Waals surface area contributed by atoms with Crippen LogP contribution < -0.4 is 9.44 Å². The molecule has 1 heterocycles. The molecule has 0 saturated heterocycles. The molecule has 0 spiro atoms. The van der Waals surface area contributed by atoms with E-state index in [0.29, 0.717) is 12.3 Å². The molecule has 1 rings (SSSR count). The van der Waals surface area contributed by atoms with E-state index >= 15 is 0 Å². The van der Waals surface area contributed by atoms with Crippen molar-refractivity contribution in [1.29, 1.82) is 0 Å². The van der Waals surface area contributed by atoms with Gasteiger partial charge < -0.3 is 9.47 Å². The Kier molecular flexibility index (Phi) is 6.85. The van der Waals surface area contributed by atoms with E-state index in [2.05, 4.69) is 14.4 Å². The Morgan fingerprint density at radius 3 is 2.90 bits per heavy atom. The SMILES string of the molecule is CCOC(=O)Cc1csc(NS(=O)(=O)NCCOC)n1. The summed E-state index contributed by atoms with van der Waals surface area (Å²) >= 11 is 1.10. The van der Waals surface area contributed by atoms with Crippen molar-refractivity contribution in [2.45, 2.75) is 13.3 Å². The Labute approximate surface area is 121 Å². The molecule has 10 heteroatoms. The van der Waals surface area contributed by atoms with Gasteiger partial charge in [0.15, 0.2) is 5.13 Å². The number of rotatable bonds is 9. The second kappa shape index (κ2) is 8.15. The zero-order valence-electron chi connectivity index (χ0n) is 11.2. The van der Waals surface area contributed by atoms with Gasteiger partial charge in [-0.25, -0.2) is 9.71 Å². The topological polar surface area (TPSA) is 107 Å². The van der Waals surface area contributed by atoms with Crippen LogP contribution in [-0.2, 0) is 30.9 Å². The number of anilines is 1. The van der Waals surface area contributed by atoms with Gasteiger partial charge >= 0.3 is 16.2 Å². The minimum atomic E-state index is -3.68. The average molecular weight is 323 g/mol. The highest BCUT2D eigenvalue weighted by atomic mass is 32.2. The number of hydrogen-bond acceptors (Lipinski definition) is 7. The quantitative estimate of drug-likeness (QED) is 0.494. The van der Waals surface area contributed by atoms with E-state index in [4.69, 9.17) is 9.47 Å². The first-order valence-corrected chi connectivity index (χ1v) is 8.19. The maximum absolute atomic E-state index is 11.6. The number of nitrogens with zero attached hydrogens (tertiary/aromatic N) is 1. The molecule has 2 N–H and O–H groups in total. The number of esters is 1. The van der Waals surface area contributed by atoms with Crippen molar-refractivity contribution in [3.05, 3.63) is 11.1 Å². The van der Waals surface area contributed by atoms with Gasteiger partial charge in [-0.1, -0.05) is 0 Å². The predicted octanol–water partition coefficient (Wildman–Crippen LogP) is 0.141. The van der Waals surface area contributed by atoms with Gasteiger partial charge in [-0.15, -0.1) is 11.3 Å². The zero-order chi connectivity index (χ0) is 15.0. The van der Waals surface area contributed by atoms with Crippen molar-refractivity contribution < 1.29 is 22.7 Å². The van der Waals surface area contributed by atoms with E-state index in [-0.39, 0.29) is 24.7 Å². The lowest BCUT2D eigenvalue weighted by molar-refractivity contribution is -0.142. The maximum Gasteiger partial charge on any atom is 0.311 e. The second-order valence-corrected chi connectivity index (χ2v) is 5.98. The molecule has 114 valence electrons. The summed E-state index contributed by atoms with van der Waals surface area (Å²) in [5.41, 5.74) is 0.461. The van der Waals surface area contributed by atoms with E-state index in [1.165, 1.54) is 7.11 Å². The van der Waals surface area contributed by atoms with Gasteiger partial charge in [-0.2, -0.15) is 13.1 Å². The van der Waals surface area contributed by atoms with Crippen molar-refractivity contribution in [2.24, 2.45) is 0 Å². The molecule has 0 bridgehead atoms. The lowest BCUT2D eigenvalue weighted by Crippen LogP contribution is -2.32. The van der Waals surface area contributed by atoms with Crippen LogP contribution in [-0.4, -0.2) is 46.2 Å². The predicted molar refractivity (Wildman–Crippen MR) is 74.9 cm³/mol. The van der Waals surface area contributed by atoms with Crippen molar-refractivity contribution in [3.8, 4) is 0 Å². The van der Waals surface area contributed by atoms with Crippen LogP contribution in [0.2, 0.25) is 0 Å². The molecule has 1 aromatic rings. The van der Waals surface area contributed by atoms with E-state index in [9.17, 15) is 13.2 Å². The summed E-state index contributed by atoms with van der Waals surface area (Å²) in [5, 5.41) is 1.79. The van der Waals surface area contributed by atoms with Crippen LogP contribution >= 0.6 is 11.3 Å². The molecule has 0 aliphatic rings. The van der Waals surface area contributed by atoms with Gasteiger partial charge in [-0.05, 0) is 6.92 Å². The minimum Gasteiger partial charge on any atom is -0.466 e. The Balaban J connectivity index is 2.53. The normalized spacial score (nSPS) is 11.3. The minimum absolute atomic E-state index is 0.0170. The molecule has 0 aliphatic heterocycles. The summed E-state index contributed by atoms with van der Waals surface area (Å²) in [6.07, 6.45) is 0.0170. The third-order valence-electron chi connectivity index (χ3n) is 2.00. The van der Waals surface area contributed by atoms with Crippen LogP contribution in [0.4, 0.5) is 5.13 Å². The summed E-state index contributed by atoms with van der Waals surface area (Å²) in [4.78, 5) is 15.3. The molecular weight excluding hydrogens is 306 g/mol. The zero-order valence-corrected chi connectivity index (χ0v) is 12.8. The summed E-state index contributed by atoms with van der Waals surface area (Å²) < 4.78 is 37.3. The van der Waals surface area contributed by atoms with E-state index in [1.807, 2.05) is 0 Å². The highest BCUT2D eigenvalue weighted by Gasteiger charge is 2.13. The summed E-state index contributed by atoms with van der Waals surface area (Å²) in [6, 6.07) is 0. The van der Waals surface area contributed by atoms with Crippen molar-refractivity contribution in [3.63, 3.8) is 0 Å². The molecule has 8 nitrogen and oxygen atoms in total. The van der Waals surface area contributed by atoms with Crippen LogP contribution in [0.1, 0.15) is 12.6 Å². The third kappa shape index (κ3) is 6.28. The molecule has 0 fully saturated rings. The molecule has 0 saturated carbocycles. The molecule has 0 unspecified atom stereocenters. The Bertz CT molecular complexity index is 529. The van der Waals surface area contributed by atoms with Gasteiger partial charge in [-0.3, -0.25) is 4.79 Å². The highest BCUT2D eigenvalue weighted by Crippen LogP contribution is 2.16. The molecule has 0 aromatic carbocycles. The smallest absolute Gasteiger partial charge is 0.311 e. The van der Waals surface area contributed by atoms with Crippen LogP contribution in [0.15, 0.2) is 5.38 Å². The van der Waals surface area contributed by atoms with E-state index in [1.54, 1.807) is 12.3 Å². The van der Waals surface area contributed by atoms with Crippen LogP contribution in [0.3, 0.4) is 0 Å². The van der Waals surface area contributed by atoms with E-state index in [0.717, 1.165) is 11.3 Å². The van der Waals surface area contributed by atoms with Gasteiger partial charge in [0.1, 0.15) is 0 Å². The number of carbonyl (C=O) groups is 1. The molecule has 0 aliphatic carbocycles. The first-order valence-electron chi connectivity index (χ1n) is 5.83.